The van der Waals surface area contributed by atoms with E-state index in [1.807, 2.05) is 0 Å². The SMILES string of the molecule is OC1CCCC1NCC1CCCC1. The maximum Gasteiger partial charge on any atom is 0.0693 e. The minimum Gasteiger partial charge on any atom is -0.392 e. The van der Waals surface area contributed by atoms with E-state index in [9.17, 15) is 5.11 Å². The molecule has 0 aromatic heterocycles. The van der Waals surface area contributed by atoms with Crippen LogP contribution in [0.15, 0.2) is 0 Å². The van der Waals surface area contributed by atoms with Crippen LogP contribution in [0, 0.1) is 5.92 Å². The Morgan fingerprint density at radius 3 is 2.38 bits per heavy atom. The van der Waals surface area contributed by atoms with E-state index in [4.69, 9.17) is 0 Å². The second-order valence-electron chi connectivity index (χ2n) is 4.66. The maximum absolute atomic E-state index is 9.60. The zero-order valence-electron chi connectivity index (χ0n) is 8.34. The summed E-state index contributed by atoms with van der Waals surface area (Å²) in [5, 5.41) is 13.1. The second kappa shape index (κ2) is 4.43. The standard InChI is InChI=1S/C11H21NO/c13-11-7-3-6-10(11)12-8-9-4-1-2-5-9/h9-13H,1-8H2. The topological polar surface area (TPSA) is 32.3 Å². The summed E-state index contributed by atoms with van der Waals surface area (Å²) < 4.78 is 0. The van der Waals surface area contributed by atoms with Crippen LogP contribution in [0.5, 0.6) is 0 Å². The Balaban J connectivity index is 1.66. The van der Waals surface area contributed by atoms with Crippen LogP contribution in [0.2, 0.25) is 0 Å². The van der Waals surface area contributed by atoms with Crippen LogP contribution < -0.4 is 5.32 Å². The van der Waals surface area contributed by atoms with Crippen LogP contribution in [-0.2, 0) is 0 Å². The van der Waals surface area contributed by atoms with Crippen molar-refractivity contribution in [1.29, 1.82) is 0 Å². The van der Waals surface area contributed by atoms with Crippen molar-refractivity contribution in [2.75, 3.05) is 6.54 Å². The maximum atomic E-state index is 9.60. The molecule has 76 valence electrons. The highest BCUT2D eigenvalue weighted by Crippen LogP contribution is 2.25. The second-order valence-corrected chi connectivity index (χ2v) is 4.66. The van der Waals surface area contributed by atoms with Gasteiger partial charge in [0, 0.05) is 6.04 Å². The summed E-state index contributed by atoms with van der Waals surface area (Å²) in [4.78, 5) is 0. The van der Waals surface area contributed by atoms with Crippen LogP contribution in [0.25, 0.3) is 0 Å². The van der Waals surface area contributed by atoms with Crippen molar-refractivity contribution in [2.45, 2.75) is 57.1 Å². The van der Waals surface area contributed by atoms with Gasteiger partial charge in [-0.1, -0.05) is 12.8 Å². The molecule has 2 rings (SSSR count). The molecule has 0 saturated heterocycles. The summed E-state index contributed by atoms with van der Waals surface area (Å²) in [6.07, 6.45) is 8.94. The molecule has 2 fully saturated rings. The highest BCUT2D eigenvalue weighted by molar-refractivity contribution is 4.83. The van der Waals surface area contributed by atoms with Crippen molar-refractivity contribution in [1.82, 2.24) is 5.32 Å². The van der Waals surface area contributed by atoms with Crippen molar-refractivity contribution < 1.29 is 5.11 Å². The molecule has 2 unspecified atom stereocenters. The highest BCUT2D eigenvalue weighted by atomic mass is 16.3. The predicted octanol–water partition coefficient (Wildman–Crippen LogP) is 1.68. The molecule has 0 spiro atoms. The van der Waals surface area contributed by atoms with Crippen molar-refractivity contribution in [3.8, 4) is 0 Å². The first kappa shape index (κ1) is 9.47. The zero-order valence-corrected chi connectivity index (χ0v) is 8.34. The van der Waals surface area contributed by atoms with E-state index in [2.05, 4.69) is 5.32 Å². The fourth-order valence-electron chi connectivity index (χ4n) is 2.71. The Labute approximate surface area is 80.7 Å². The summed E-state index contributed by atoms with van der Waals surface area (Å²) in [5.41, 5.74) is 0. The van der Waals surface area contributed by atoms with E-state index in [0.29, 0.717) is 6.04 Å². The highest BCUT2D eigenvalue weighted by Gasteiger charge is 2.25. The predicted molar refractivity (Wildman–Crippen MR) is 53.6 cm³/mol. The van der Waals surface area contributed by atoms with Gasteiger partial charge in [-0.2, -0.15) is 0 Å². The minimum absolute atomic E-state index is 0.0681. The van der Waals surface area contributed by atoms with Gasteiger partial charge >= 0.3 is 0 Å². The average molecular weight is 183 g/mol. The molecule has 0 heterocycles. The quantitative estimate of drug-likeness (QED) is 0.697. The Morgan fingerprint density at radius 1 is 1.00 bits per heavy atom. The molecule has 2 atom stereocenters. The van der Waals surface area contributed by atoms with E-state index in [1.54, 1.807) is 0 Å². The average Bonchev–Trinajstić information content (AvgIpc) is 2.72. The Hall–Kier alpha value is -0.0800. The molecule has 0 bridgehead atoms. The van der Waals surface area contributed by atoms with E-state index in [1.165, 1.54) is 38.5 Å². The van der Waals surface area contributed by atoms with E-state index >= 15 is 0 Å². The van der Waals surface area contributed by atoms with E-state index < -0.39 is 0 Å². The number of nitrogens with one attached hydrogen (secondary N) is 1. The summed E-state index contributed by atoms with van der Waals surface area (Å²) >= 11 is 0. The number of aliphatic hydroxyl groups excluding tert-OH is 1. The fourth-order valence-corrected chi connectivity index (χ4v) is 2.71. The van der Waals surface area contributed by atoms with Gasteiger partial charge in [0.05, 0.1) is 6.10 Å². The van der Waals surface area contributed by atoms with Crippen LogP contribution in [0.1, 0.15) is 44.9 Å². The number of hydrogen-bond acceptors (Lipinski definition) is 2. The molecule has 2 nitrogen and oxygen atoms in total. The third-order valence-corrected chi connectivity index (χ3v) is 3.62. The first-order valence-corrected chi connectivity index (χ1v) is 5.78. The Bertz CT molecular complexity index is 154. The van der Waals surface area contributed by atoms with Gasteiger partial charge in [-0.15, -0.1) is 0 Å². The van der Waals surface area contributed by atoms with Gasteiger partial charge in [0.25, 0.3) is 0 Å². The van der Waals surface area contributed by atoms with Crippen molar-refractivity contribution in [3.05, 3.63) is 0 Å². The van der Waals surface area contributed by atoms with Crippen molar-refractivity contribution >= 4 is 0 Å². The summed E-state index contributed by atoms with van der Waals surface area (Å²) in [6, 6.07) is 0.403. The smallest absolute Gasteiger partial charge is 0.0693 e. The fraction of sp³-hybridized carbons (Fsp3) is 1.00. The van der Waals surface area contributed by atoms with Crippen LogP contribution in [0.4, 0.5) is 0 Å². The third kappa shape index (κ3) is 2.44. The molecule has 0 radical (unpaired) electrons. The number of rotatable bonds is 3. The normalized spacial score (nSPS) is 35.8. The first-order valence-electron chi connectivity index (χ1n) is 5.78. The van der Waals surface area contributed by atoms with E-state index in [-0.39, 0.29) is 6.10 Å². The lowest BCUT2D eigenvalue weighted by Gasteiger charge is -2.19. The molecule has 0 aromatic rings. The van der Waals surface area contributed by atoms with E-state index in [0.717, 1.165) is 18.9 Å². The molecule has 0 amide bonds. The summed E-state index contributed by atoms with van der Waals surface area (Å²) in [7, 11) is 0. The zero-order chi connectivity index (χ0) is 9.10. The summed E-state index contributed by atoms with van der Waals surface area (Å²) in [5.74, 6) is 0.896. The Kier molecular flexibility index (Phi) is 3.23. The lowest BCUT2D eigenvalue weighted by Crippen LogP contribution is -2.38. The van der Waals surface area contributed by atoms with Crippen molar-refractivity contribution in [3.63, 3.8) is 0 Å². The van der Waals surface area contributed by atoms with Crippen LogP contribution in [0.3, 0.4) is 0 Å². The molecule has 0 aromatic carbocycles. The lowest BCUT2D eigenvalue weighted by atomic mass is 10.1. The van der Waals surface area contributed by atoms with Gasteiger partial charge in [0.15, 0.2) is 0 Å². The summed E-state index contributed by atoms with van der Waals surface area (Å²) in [6.45, 7) is 1.14. The van der Waals surface area contributed by atoms with Gasteiger partial charge in [0.2, 0.25) is 0 Å². The molecular weight excluding hydrogens is 162 g/mol. The monoisotopic (exact) mass is 183 g/mol. The van der Waals surface area contributed by atoms with Gasteiger partial charge < -0.3 is 10.4 Å². The molecular formula is C11H21NO. The molecule has 2 aliphatic rings. The van der Waals surface area contributed by atoms with Crippen LogP contribution in [-0.4, -0.2) is 23.8 Å². The van der Waals surface area contributed by atoms with Gasteiger partial charge in [-0.3, -0.25) is 0 Å². The third-order valence-electron chi connectivity index (χ3n) is 3.62. The molecule has 2 aliphatic carbocycles. The Morgan fingerprint density at radius 2 is 1.77 bits per heavy atom. The minimum atomic E-state index is -0.0681. The number of hydrogen-bond donors (Lipinski definition) is 2. The van der Waals surface area contributed by atoms with Crippen LogP contribution >= 0.6 is 0 Å². The van der Waals surface area contributed by atoms with Gasteiger partial charge in [-0.25, -0.2) is 0 Å². The molecule has 2 heteroatoms. The first-order chi connectivity index (χ1) is 6.36. The molecule has 2 saturated carbocycles. The lowest BCUT2D eigenvalue weighted by molar-refractivity contribution is 0.147. The van der Waals surface area contributed by atoms with Gasteiger partial charge in [0.1, 0.15) is 0 Å². The molecule has 0 aliphatic heterocycles. The largest absolute Gasteiger partial charge is 0.392 e. The van der Waals surface area contributed by atoms with Gasteiger partial charge in [-0.05, 0) is 44.6 Å². The number of aliphatic hydroxyl groups is 1. The van der Waals surface area contributed by atoms with Crippen molar-refractivity contribution in [2.24, 2.45) is 5.92 Å². The molecule has 13 heavy (non-hydrogen) atoms. The molecule has 2 N–H and O–H groups in total.